The Hall–Kier alpha value is -4.15. The number of nitrogens with zero attached hydrogens (tertiary/aromatic N) is 8. The van der Waals surface area contributed by atoms with Gasteiger partial charge in [-0.3, -0.25) is 4.98 Å². The molecule has 0 amide bonds. The van der Waals surface area contributed by atoms with E-state index in [1.165, 1.54) is 0 Å². The minimum Gasteiger partial charge on any atom is -0.495 e. The molecule has 0 radical (unpaired) electrons. The van der Waals surface area contributed by atoms with E-state index >= 15 is 0 Å². The van der Waals surface area contributed by atoms with Crippen LogP contribution in [0.2, 0.25) is 0 Å². The van der Waals surface area contributed by atoms with E-state index in [4.69, 9.17) is 4.74 Å². The van der Waals surface area contributed by atoms with Crippen LogP contribution >= 0.6 is 0 Å². The van der Waals surface area contributed by atoms with Gasteiger partial charge in [-0.05, 0) is 18.2 Å². The fourth-order valence-corrected chi connectivity index (χ4v) is 2.85. The highest BCUT2D eigenvalue weighted by Gasteiger charge is 2.11. The normalized spacial score (nSPS) is 11.2. The van der Waals surface area contributed by atoms with Crippen molar-refractivity contribution in [3.63, 3.8) is 0 Å². The molecule has 0 fully saturated rings. The Labute approximate surface area is 157 Å². The number of aromatic amines is 1. The van der Waals surface area contributed by atoms with E-state index in [1.807, 2.05) is 24.3 Å². The molecule has 11 nitrogen and oxygen atoms in total. The third-order valence-corrected chi connectivity index (χ3v) is 4.23. The van der Waals surface area contributed by atoms with Crippen molar-refractivity contribution in [1.82, 2.24) is 45.2 Å². The van der Waals surface area contributed by atoms with Crippen LogP contribution in [0.15, 0.2) is 42.9 Å². The zero-order chi connectivity index (χ0) is 18.9. The predicted molar refractivity (Wildman–Crippen MR) is 99.6 cm³/mol. The molecule has 5 heterocycles. The van der Waals surface area contributed by atoms with Gasteiger partial charge in [0.2, 0.25) is 0 Å². The molecular weight excluding hydrogens is 360 g/mol. The zero-order valence-electron chi connectivity index (χ0n) is 14.7. The van der Waals surface area contributed by atoms with Crippen molar-refractivity contribution in [2.45, 2.75) is 6.54 Å². The molecule has 138 valence electrons. The first-order valence-electron chi connectivity index (χ1n) is 8.42. The molecule has 2 N–H and O–H groups in total. The first kappa shape index (κ1) is 16.1. The summed E-state index contributed by atoms with van der Waals surface area (Å²) in [5.41, 5.74) is 4.28. The van der Waals surface area contributed by atoms with Crippen molar-refractivity contribution in [2.24, 2.45) is 0 Å². The average molecular weight is 374 g/mol. The number of rotatable bonds is 5. The van der Waals surface area contributed by atoms with Crippen molar-refractivity contribution in [3.05, 3.63) is 48.7 Å². The minimum atomic E-state index is 0.406. The van der Waals surface area contributed by atoms with E-state index < -0.39 is 0 Å². The van der Waals surface area contributed by atoms with Crippen LogP contribution < -0.4 is 10.1 Å². The van der Waals surface area contributed by atoms with Gasteiger partial charge in [0, 0.05) is 12.3 Å². The number of anilines is 1. The lowest BCUT2D eigenvalue weighted by Crippen LogP contribution is -2.07. The number of ether oxygens (including phenoxy) is 1. The summed E-state index contributed by atoms with van der Waals surface area (Å²) < 4.78 is 6.88. The van der Waals surface area contributed by atoms with E-state index in [1.54, 1.807) is 30.2 Å². The van der Waals surface area contributed by atoms with Crippen molar-refractivity contribution in [1.29, 1.82) is 0 Å². The number of hydrogen-bond acceptors (Lipinski definition) is 9. The maximum atomic E-state index is 5.21. The molecule has 0 saturated heterocycles. The van der Waals surface area contributed by atoms with Crippen LogP contribution in [-0.2, 0) is 6.54 Å². The van der Waals surface area contributed by atoms with Crippen LogP contribution in [0, 0.1) is 0 Å². The first-order valence-corrected chi connectivity index (χ1v) is 8.42. The fourth-order valence-electron chi connectivity index (χ4n) is 2.85. The van der Waals surface area contributed by atoms with Crippen LogP contribution in [0.3, 0.4) is 0 Å². The number of pyridine rings is 2. The van der Waals surface area contributed by atoms with Gasteiger partial charge in [0.15, 0.2) is 11.5 Å². The topological polar surface area (TPSA) is 132 Å². The molecule has 5 aromatic heterocycles. The molecule has 0 spiro atoms. The summed E-state index contributed by atoms with van der Waals surface area (Å²) in [5, 5.41) is 26.7. The Morgan fingerprint density at radius 2 is 2.07 bits per heavy atom. The number of nitrogens with one attached hydrogen (secondary N) is 2. The Balaban J connectivity index is 1.46. The maximum Gasteiger partial charge on any atom is 0.178 e. The number of methoxy groups -OCH3 is 1. The highest BCUT2D eigenvalue weighted by molar-refractivity contribution is 5.87. The molecule has 0 bridgehead atoms. The molecular formula is C17H14N10O. The Bertz CT molecular complexity index is 1260. The Kier molecular flexibility index (Phi) is 3.75. The lowest BCUT2D eigenvalue weighted by molar-refractivity contribution is 0.413. The van der Waals surface area contributed by atoms with E-state index in [2.05, 4.69) is 46.0 Å². The first-order chi connectivity index (χ1) is 13.8. The highest BCUT2D eigenvalue weighted by Crippen LogP contribution is 2.23. The molecule has 5 aromatic rings. The van der Waals surface area contributed by atoms with Crippen molar-refractivity contribution in [3.8, 4) is 17.1 Å². The van der Waals surface area contributed by atoms with Crippen LogP contribution in [0.25, 0.3) is 28.1 Å². The second-order valence-corrected chi connectivity index (χ2v) is 5.91. The third kappa shape index (κ3) is 2.74. The van der Waals surface area contributed by atoms with Gasteiger partial charge in [-0.1, -0.05) is 0 Å². The lowest BCUT2D eigenvalue weighted by atomic mass is 10.2. The van der Waals surface area contributed by atoms with Crippen LogP contribution in [0.5, 0.6) is 5.75 Å². The van der Waals surface area contributed by atoms with Crippen LogP contribution in [0.4, 0.5) is 5.69 Å². The molecule has 0 aliphatic carbocycles. The molecule has 0 aliphatic heterocycles. The van der Waals surface area contributed by atoms with Gasteiger partial charge in [-0.2, -0.15) is 25.0 Å². The lowest BCUT2D eigenvalue weighted by Gasteiger charge is -2.08. The summed E-state index contributed by atoms with van der Waals surface area (Å²) in [5.74, 6) is 1.31. The number of hydrogen-bond donors (Lipinski definition) is 2. The zero-order valence-corrected chi connectivity index (χ0v) is 14.7. The van der Waals surface area contributed by atoms with Gasteiger partial charge in [0.25, 0.3) is 0 Å². The summed E-state index contributed by atoms with van der Waals surface area (Å²) in [6.07, 6.45) is 4.99. The van der Waals surface area contributed by atoms with Crippen molar-refractivity contribution in [2.75, 3.05) is 12.4 Å². The van der Waals surface area contributed by atoms with Gasteiger partial charge in [-0.25, -0.2) is 4.98 Å². The number of fused-ring (bicyclic) bond motifs is 2. The fraction of sp³-hybridized carbons (Fsp3) is 0.118. The van der Waals surface area contributed by atoms with Crippen LogP contribution in [-0.4, -0.2) is 52.3 Å². The van der Waals surface area contributed by atoms with E-state index in [0.29, 0.717) is 35.2 Å². The second kappa shape index (κ2) is 6.54. The SMILES string of the molecule is COc1cnc2c(NCc3nnc4ccc(-c5cn[nH]n5)nn34)ccnc2c1. The van der Waals surface area contributed by atoms with Gasteiger partial charge >= 0.3 is 0 Å². The maximum absolute atomic E-state index is 5.21. The van der Waals surface area contributed by atoms with Crippen LogP contribution in [0.1, 0.15) is 5.82 Å². The monoisotopic (exact) mass is 374 g/mol. The van der Waals surface area contributed by atoms with Crippen molar-refractivity contribution < 1.29 is 4.74 Å². The number of aromatic nitrogens is 9. The second-order valence-electron chi connectivity index (χ2n) is 5.91. The summed E-state index contributed by atoms with van der Waals surface area (Å²) in [7, 11) is 1.60. The summed E-state index contributed by atoms with van der Waals surface area (Å²) >= 11 is 0. The summed E-state index contributed by atoms with van der Waals surface area (Å²) in [6.45, 7) is 0.406. The van der Waals surface area contributed by atoms with E-state index in [0.717, 1.165) is 16.7 Å². The standard InChI is InChI=1S/C17H14N10O/c1-28-10-6-13-17(20-7-10)12(4-5-18-13)19-9-16-24-23-15-3-2-11(25-27(15)16)14-8-21-26-22-14/h2-8H,9H2,1H3,(H,18,19)(H,21,22,26). The van der Waals surface area contributed by atoms with Gasteiger partial charge in [0.1, 0.15) is 22.7 Å². The average Bonchev–Trinajstić information content (AvgIpc) is 3.41. The molecule has 28 heavy (non-hydrogen) atoms. The minimum absolute atomic E-state index is 0.406. The molecule has 11 heteroatoms. The molecule has 5 rings (SSSR count). The highest BCUT2D eigenvalue weighted by atomic mass is 16.5. The quantitative estimate of drug-likeness (QED) is 0.469. The van der Waals surface area contributed by atoms with Gasteiger partial charge in [-0.15, -0.1) is 10.2 Å². The van der Waals surface area contributed by atoms with Crippen molar-refractivity contribution >= 4 is 22.4 Å². The molecule has 0 atom stereocenters. The molecule has 0 saturated carbocycles. The largest absolute Gasteiger partial charge is 0.495 e. The molecule has 0 unspecified atom stereocenters. The molecule has 0 aromatic carbocycles. The number of H-pyrrole nitrogens is 1. The Morgan fingerprint density at radius 1 is 1.11 bits per heavy atom. The summed E-state index contributed by atoms with van der Waals surface area (Å²) in [4.78, 5) is 8.78. The third-order valence-electron chi connectivity index (χ3n) is 4.23. The van der Waals surface area contributed by atoms with E-state index in [9.17, 15) is 0 Å². The smallest absolute Gasteiger partial charge is 0.178 e. The Morgan fingerprint density at radius 3 is 2.93 bits per heavy atom. The van der Waals surface area contributed by atoms with Gasteiger partial charge < -0.3 is 10.1 Å². The van der Waals surface area contributed by atoms with E-state index in [-0.39, 0.29) is 0 Å². The predicted octanol–water partition coefficient (Wildman–Crippen LogP) is 1.47. The summed E-state index contributed by atoms with van der Waals surface area (Å²) in [6, 6.07) is 7.36. The van der Waals surface area contributed by atoms with Gasteiger partial charge in [0.05, 0.1) is 37.3 Å². The molecule has 0 aliphatic rings.